The van der Waals surface area contributed by atoms with Gasteiger partial charge in [-0.3, -0.25) is 4.79 Å². The number of rotatable bonds is 7. The lowest BCUT2D eigenvalue weighted by molar-refractivity contribution is -0.144. The van der Waals surface area contributed by atoms with Crippen LogP contribution in [0.1, 0.15) is 40.0 Å². The van der Waals surface area contributed by atoms with Crippen LogP contribution in [0.2, 0.25) is 0 Å². The summed E-state index contributed by atoms with van der Waals surface area (Å²) >= 11 is 0. The molecule has 0 amide bonds. The summed E-state index contributed by atoms with van der Waals surface area (Å²) in [5, 5.41) is 0. The second-order valence-electron chi connectivity index (χ2n) is 3.27. The van der Waals surface area contributed by atoms with Crippen molar-refractivity contribution in [1.82, 2.24) is 0 Å². The van der Waals surface area contributed by atoms with E-state index in [1.54, 1.807) is 13.0 Å². The molecule has 0 fully saturated rings. The van der Waals surface area contributed by atoms with Crippen LogP contribution >= 0.6 is 0 Å². The zero-order chi connectivity index (χ0) is 12.4. The number of hydrogen-bond acceptors (Lipinski definition) is 4. The molecule has 16 heavy (non-hydrogen) atoms. The predicted molar refractivity (Wildman–Crippen MR) is 60.9 cm³/mol. The van der Waals surface area contributed by atoms with Crippen LogP contribution in [0.25, 0.3) is 0 Å². The fraction of sp³-hybridized carbons (Fsp3) is 0.667. The van der Waals surface area contributed by atoms with Crippen LogP contribution in [0.3, 0.4) is 0 Å². The highest BCUT2D eigenvalue weighted by molar-refractivity contribution is 5.89. The lowest BCUT2D eigenvalue weighted by Crippen LogP contribution is -2.15. The summed E-state index contributed by atoms with van der Waals surface area (Å²) in [6, 6.07) is 0. The van der Waals surface area contributed by atoms with Gasteiger partial charge < -0.3 is 9.47 Å². The Hall–Kier alpha value is -1.32. The van der Waals surface area contributed by atoms with Crippen LogP contribution in [-0.2, 0) is 19.1 Å². The van der Waals surface area contributed by atoms with Crippen molar-refractivity contribution in [2.75, 3.05) is 13.2 Å². The van der Waals surface area contributed by atoms with Gasteiger partial charge in [-0.05, 0) is 19.8 Å². The lowest BCUT2D eigenvalue weighted by atomic mass is 10.2. The highest BCUT2D eigenvalue weighted by atomic mass is 16.5. The summed E-state index contributed by atoms with van der Waals surface area (Å²) in [6.45, 7) is 5.88. The van der Waals surface area contributed by atoms with Gasteiger partial charge in [0, 0.05) is 6.42 Å². The van der Waals surface area contributed by atoms with Crippen LogP contribution in [-0.4, -0.2) is 25.2 Å². The summed E-state index contributed by atoms with van der Waals surface area (Å²) in [4.78, 5) is 22.6. The Bertz CT molecular complexity index is 256. The van der Waals surface area contributed by atoms with Gasteiger partial charge in [-0.2, -0.15) is 0 Å². The van der Waals surface area contributed by atoms with Crippen molar-refractivity contribution in [3.63, 3.8) is 0 Å². The van der Waals surface area contributed by atoms with Crippen LogP contribution in [0, 0.1) is 0 Å². The van der Waals surface area contributed by atoms with Gasteiger partial charge in [0.05, 0.1) is 12.2 Å². The average Bonchev–Trinajstić information content (AvgIpc) is 2.24. The molecule has 0 N–H and O–H groups in total. The Labute approximate surface area is 96.6 Å². The van der Waals surface area contributed by atoms with Gasteiger partial charge in [-0.25, -0.2) is 4.79 Å². The third-order valence-corrected chi connectivity index (χ3v) is 1.83. The van der Waals surface area contributed by atoms with Gasteiger partial charge in [0.25, 0.3) is 0 Å². The number of esters is 2. The molecule has 92 valence electrons. The van der Waals surface area contributed by atoms with E-state index in [0.717, 1.165) is 6.42 Å². The average molecular weight is 228 g/mol. The van der Waals surface area contributed by atoms with Gasteiger partial charge in [0.2, 0.25) is 0 Å². The second kappa shape index (κ2) is 8.95. The molecule has 0 aliphatic carbocycles. The Kier molecular flexibility index (Phi) is 8.21. The Morgan fingerprint density at radius 1 is 1.12 bits per heavy atom. The SMILES string of the molecule is CCC=C(COC(=O)CCC)C(=O)OCC. The minimum atomic E-state index is -0.409. The van der Waals surface area contributed by atoms with Crippen molar-refractivity contribution in [1.29, 1.82) is 0 Å². The number of carbonyl (C=O) groups excluding carboxylic acids is 2. The van der Waals surface area contributed by atoms with Gasteiger partial charge >= 0.3 is 11.9 Å². The van der Waals surface area contributed by atoms with E-state index in [1.165, 1.54) is 0 Å². The van der Waals surface area contributed by atoms with Crippen LogP contribution in [0.4, 0.5) is 0 Å². The maximum absolute atomic E-state index is 11.4. The van der Waals surface area contributed by atoms with E-state index in [-0.39, 0.29) is 12.6 Å². The van der Waals surface area contributed by atoms with Gasteiger partial charge in [-0.15, -0.1) is 0 Å². The number of allylic oxidation sites excluding steroid dienone is 1. The smallest absolute Gasteiger partial charge is 0.337 e. The first-order chi connectivity index (χ1) is 7.65. The van der Waals surface area contributed by atoms with E-state index in [4.69, 9.17) is 9.47 Å². The fourth-order valence-corrected chi connectivity index (χ4v) is 1.11. The van der Waals surface area contributed by atoms with E-state index in [0.29, 0.717) is 25.0 Å². The molecule has 4 heteroatoms. The molecule has 0 aliphatic rings. The maximum Gasteiger partial charge on any atom is 0.337 e. The highest BCUT2D eigenvalue weighted by Gasteiger charge is 2.12. The molecule has 0 aliphatic heterocycles. The van der Waals surface area contributed by atoms with Crippen molar-refractivity contribution in [3.05, 3.63) is 11.6 Å². The molecule has 0 bridgehead atoms. The van der Waals surface area contributed by atoms with Crippen LogP contribution in [0.15, 0.2) is 11.6 Å². The largest absolute Gasteiger partial charge is 0.463 e. The monoisotopic (exact) mass is 228 g/mol. The van der Waals surface area contributed by atoms with E-state index >= 15 is 0 Å². The van der Waals surface area contributed by atoms with Crippen molar-refractivity contribution in [3.8, 4) is 0 Å². The number of carbonyl (C=O) groups is 2. The summed E-state index contributed by atoms with van der Waals surface area (Å²) in [6.07, 6.45) is 3.55. The van der Waals surface area contributed by atoms with Gasteiger partial charge in [0.15, 0.2) is 0 Å². The Balaban J connectivity index is 4.19. The van der Waals surface area contributed by atoms with E-state index in [9.17, 15) is 9.59 Å². The minimum Gasteiger partial charge on any atom is -0.463 e. The zero-order valence-electron chi connectivity index (χ0n) is 10.2. The normalized spacial score (nSPS) is 11.1. The van der Waals surface area contributed by atoms with Crippen molar-refractivity contribution >= 4 is 11.9 Å². The van der Waals surface area contributed by atoms with E-state index in [2.05, 4.69) is 0 Å². The molecule has 0 aromatic carbocycles. The first kappa shape index (κ1) is 14.7. The van der Waals surface area contributed by atoms with Crippen molar-refractivity contribution in [2.24, 2.45) is 0 Å². The van der Waals surface area contributed by atoms with Gasteiger partial charge in [-0.1, -0.05) is 19.9 Å². The molecule has 0 saturated carbocycles. The lowest BCUT2D eigenvalue weighted by Gasteiger charge is -2.07. The summed E-state index contributed by atoms with van der Waals surface area (Å²) in [5.74, 6) is -0.692. The third-order valence-electron chi connectivity index (χ3n) is 1.83. The first-order valence-electron chi connectivity index (χ1n) is 5.67. The molecule has 0 aromatic heterocycles. The number of ether oxygens (including phenoxy) is 2. The summed E-state index contributed by atoms with van der Waals surface area (Å²) < 4.78 is 9.81. The predicted octanol–water partition coefficient (Wildman–Crippen LogP) is 2.23. The third kappa shape index (κ3) is 6.22. The topological polar surface area (TPSA) is 52.6 Å². The minimum absolute atomic E-state index is 0.00546. The van der Waals surface area contributed by atoms with Crippen LogP contribution < -0.4 is 0 Å². The standard InChI is InChI=1S/C12H20O4/c1-4-7-10(12(14)15-6-3)9-16-11(13)8-5-2/h7H,4-6,8-9H2,1-3H3. The Morgan fingerprint density at radius 2 is 1.81 bits per heavy atom. The second-order valence-corrected chi connectivity index (χ2v) is 3.27. The molecule has 0 saturated heterocycles. The Morgan fingerprint density at radius 3 is 2.31 bits per heavy atom. The van der Waals surface area contributed by atoms with E-state index in [1.807, 2.05) is 13.8 Å². The zero-order valence-corrected chi connectivity index (χ0v) is 10.2. The molecular formula is C12H20O4. The molecule has 0 rings (SSSR count). The molecule has 0 aromatic rings. The maximum atomic E-state index is 11.4. The van der Waals surface area contributed by atoms with Crippen molar-refractivity contribution in [2.45, 2.75) is 40.0 Å². The summed E-state index contributed by atoms with van der Waals surface area (Å²) in [7, 11) is 0. The molecular weight excluding hydrogens is 208 g/mol. The molecule has 0 unspecified atom stereocenters. The van der Waals surface area contributed by atoms with Gasteiger partial charge in [0.1, 0.15) is 6.61 Å². The molecule has 0 radical (unpaired) electrons. The highest BCUT2D eigenvalue weighted by Crippen LogP contribution is 2.03. The summed E-state index contributed by atoms with van der Waals surface area (Å²) in [5.41, 5.74) is 0.411. The molecule has 0 spiro atoms. The van der Waals surface area contributed by atoms with E-state index < -0.39 is 5.97 Å². The van der Waals surface area contributed by atoms with Crippen molar-refractivity contribution < 1.29 is 19.1 Å². The first-order valence-corrected chi connectivity index (χ1v) is 5.67. The molecule has 4 nitrogen and oxygen atoms in total. The number of hydrogen-bond donors (Lipinski definition) is 0. The molecule has 0 heterocycles. The molecule has 0 atom stereocenters. The van der Waals surface area contributed by atoms with Crippen LogP contribution in [0.5, 0.6) is 0 Å². The fourth-order valence-electron chi connectivity index (χ4n) is 1.11. The quantitative estimate of drug-likeness (QED) is 0.495.